The third kappa shape index (κ3) is 3.50. The van der Waals surface area contributed by atoms with E-state index in [9.17, 15) is 0 Å². The predicted molar refractivity (Wildman–Crippen MR) is 193 cm³/mol. The van der Waals surface area contributed by atoms with Gasteiger partial charge in [0.15, 0.2) is 0 Å². The number of fused-ring (bicyclic) bond motifs is 10. The minimum Gasteiger partial charge on any atom is -0.307 e. The maximum atomic E-state index is 2.49. The maximum Gasteiger partial charge on any atom is 0.0788 e. The second-order valence-electron chi connectivity index (χ2n) is 11.7. The average molecular weight is 591 g/mol. The molecule has 7 aromatic carbocycles. The van der Waals surface area contributed by atoms with Crippen LogP contribution in [0.4, 0.5) is 0 Å². The van der Waals surface area contributed by atoms with E-state index in [1.165, 1.54) is 86.3 Å². The molecule has 0 fully saturated rings. The van der Waals surface area contributed by atoms with Gasteiger partial charge in [0.05, 0.1) is 22.1 Å². The molecule has 0 aliphatic rings. The summed E-state index contributed by atoms with van der Waals surface area (Å²) in [5, 5.41) is 7.71. The summed E-state index contributed by atoms with van der Waals surface area (Å²) in [6.45, 7) is 0. The molecule has 0 saturated heterocycles. The molecule has 210 valence electrons. The molecule has 0 aliphatic heterocycles. The highest BCUT2D eigenvalue weighted by molar-refractivity contribution is 7.26. The van der Waals surface area contributed by atoms with Crippen LogP contribution in [0.15, 0.2) is 158 Å². The first kappa shape index (κ1) is 24.8. The summed E-state index contributed by atoms with van der Waals surface area (Å²) in [6.07, 6.45) is 0. The summed E-state index contributed by atoms with van der Waals surface area (Å²) in [7, 11) is 0. The Kier molecular flexibility index (Phi) is 5.19. The lowest BCUT2D eigenvalue weighted by molar-refractivity contribution is 1.15. The molecule has 3 heterocycles. The van der Waals surface area contributed by atoms with E-state index >= 15 is 0 Å². The zero-order valence-electron chi connectivity index (χ0n) is 24.3. The molecule has 3 heteroatoms. The van der Waals surface area contributed by atoms with Crippen molar-refractivity contribution in [2.45, 2.75) is 0 Å². The Labute approximate surface area is 263 Å². The van der Waals surface area contributed by atoms with E-state index in [2.05, 4.69) is 167 Å². The van der Waals surface area contributed by atoms with Crippen LogP contribution < -0.4 is 0 Å². The van der Waals surface area contributed by atoms with Gasteiger partial charge in [-0.15, -0.1) is 11.3 Å². The van der Waals surface area contributed by atoms with Crippen molar-refractivity contribution < 1.29 is 0 Å². The molecule has 3 aromatic heterocycles. The van der Waals surface area contributed by atoms with Crippen LogP contribution in [0.2, 0.25) is 0 Å². The van der Waals surface area contributed by atoms with E-state index in [4.69, 9.17) is 0 Å². The molecule has 0 unspecified atom stereocenters. The molecule has 2 nitrogen and oxygen atoms in total. The number of aromatic nitrogens is 2. The number of hydrogen-bond donors (Lipinski definition) is 0. The Morgan fingerprint density at radius 2 is 0.956 bits per heavy atom. The van der Waals surface area contributed by atoms with Crippen LogP contribution in [-0.2, 0) is 0 Å². The van der Waals surface area contributed by atoms with Crippen molar-refractivity contribution in [2.24, 2.45) is 0 Å². The molecule has 0 amide bonds. The summed E-state index contributed by atoms with van der Waals surface area (Å²) in [4.78, 5) is 0. The highest BCUT2D eigenvalue weighted by Gasteiger charge is 2.21. The highest BCUT2D eigenvalue weighted by Crippen LogP contribution is 2.44. The van der Waals surface area contributed by atoms with Gasteiger partial charge in [-0.25, -0.2) is 0 Å². The third-order valence-electron chi connectivity index (χ3n) is 9.31. The van der Waals surface area contributed by atoms with Crippen molar-refractivity contribution in [2.75, 3.05) is 0 Å². The van der Waals surface area contributed by atoms with Gasteiger partial charge in [-0.3, -0.25) is 0 Å². The first-order valence-corrected chi connectivity index (χ1v) is 16.2. The minimum atomic E-state index is 1.17. The Balaban J connectivity index is 1.34. The molecule has 10 rings (SSSR count). The number of nitrogens with zero attached hydrogens (tertiary/aromatic N) is 2. The molecule has 0 aliphatic carbocycles. The van der Waals surface area contributed by atoms with Crippen molar-refractivity contribution in [1.82, 2.24) is 9.13 Å². The first-order chi connectivity index (χ1) is 22.3. The molecule has 45 heavy (non-hydrogen) atoms. The first-order valence-electron chi connectivity index (χ1n) is 15.4. The van der Waals surface area contributed by atoms with Gasteiger partial charge in [0.25, 0.3) is 0 Å². The topological polar surface area (TPSA) is 9.86 Å². The zero-order valence-corrected chi connectivity index (χ0v) is 25.1. The van der Waals surface area contributed by atoms with E-state index in [1.54, 1.807) is 0 Å². The monoisotopic (exact) mass is 590 g/mol. The van der Waals surface area contributed by atoms with Gasteiger partial charge in [-0.1, -0.05) is 115 Å². The van der Waals surface area contributed by atoms with Crippen molar-refractivity contribution in [3.63, 3.8) is 0 Å². The van der Waals surface area contributed by atoms with Crippen LogP contribution in [-0.4, -0.2) is 9.13 Å². The van der Waals surface area contributed by atoms with Crippen molar-refractivity contribution in [3.05, 3.63) is 158 Å². The minimum absolute atomic E-state index is 1.17. The Hall–Kier alpha value is -5.64. The van der Waals surface area contributed by atoms with Crippen LogP contribution in [0, 0.1) is 0 Å². The van der Waals surface area contributed by atoms with E-state index < -0.39 is 0 Å². The average Bonchev–Trinajstić information content (AvgIpc) is 3.76. The molecular formula is C42H26N2S. The largest absolute Gasteiger partial charge is 0.307 e. The molecule has 0 saturated carbocycles. The van der Waals surface area contributed by atoms with Crippen LogP contribution in [0.5, 0.6) is 0 Å². The van der Waals surface area contributed by atoms with Gasteiger partial charge in [0.2, 0.25) is 0 Å². The van der Waals surface area contributed by atoms with E-state index in [0.29, 0.717) is 0 Å². The second kappa shape index (κ2) is 9.43. The summed E-state index contributed by atoms with van der Waals surface area (Å²) in [5.74, 6) is 0. The SMILES string of the molecule is c1ccc(-c2cccc3sc4cc(-n5c6ccccc6c6ccc7c8ccccc8n(-c8ccccc8)c7c65)ccc4c23)cc1. The second-order valence-corrected chi connectivity index (χ2v) is 12.8. The summed E-state index contributed by atoms with van der Waals surface area (Å²) < 4.78 is 7.56. The maximum absolute atomic E-state index is 2.49. The zero-order chi connectivity index (χ0) is 29.5. The Bertz CT molecular complexity index is 2740. The number of hydrogen-bond acceptors (Lipinski definition) is 1. The standard InChI is InChI=1S/C42H26N2S/c1-3-12-27(13-4-1)30-18-11-21-38-40(30)35-23-22-29(26-39(35)45-38)44-37-20-10-8-17-32(37)34-25-24-33-31-16-7-9-19-36(31)43(41(33)42(34)44)28-14-5-2-6-15-28/h1-26H. The Morgan fingerprint density at radius 1 is 0.378 bits per heavy atom. The van der Waals surface area contributed by atoms with Gasteiger partial charge < -0.3 is 9.13 Å². The third-order valence-corrected chi connectivity index (χ3v) is 10.4. The molecule has 0 radical (unpaired) electrons. The van der Waals surface area contributed by atoms with Crippen LogP contribution in [0.25, 0.3) is 86.3 Å². The Morgan fingerprint density at radius 3 is 1.64 bits per heavy atom. The van der Waals surface area contributed by atoms with Gasteiger partial charge in [0.1, 0.15) is 0 Å². The fourth-order valence-electron chi connectivity index (χ4n) is 7.43. The van der Waals surface area contributed by atoms with E-state index in [1.807, 2.05) is 11.3 Å². The van der Waals surface area contributed by atoms with Crippen molar-refractivity contribution >= 4 is 75.1 Å². The fraction of sp³-hybridized carbons (Fsp3) is 0. The lowest BCUT2D eigenvalue weighted by atomic mass is 9.99. The smallest absolute Gasteiger partial charge is 0.0788 e. The van der Waals surface area contributed by atoms with Gasteiger partial charge in [-0.05, 0) is 53.6 Å². The highest BCUT2D eigenvalue weighted by atomic mass is 32.1. The number of benzene rings is 7. The van der Waals surface area contributed by atoms with E-state index in [-0.39, 0.29) is 0 Å². The van der Waals surface area contributed by atoms with Crippen LogP contribution >= 0.6 is 11.3 Å². The number of rotatable bonds is 3. The van der Waals surface area contributed by atoms with Gasteiger partial charge >= 0.3 is 0 Å². The number of thiophene rings is 1. The van der Waals surface area contributed by atoms with Crippen molar-refractivity contribution in [3.8, 4) is 22.5 Å². The van der Waals surface area contributed by atoms with Crippen LogP contribution in [0.3, 0.4) is 0 Å². The molecule has 10 aromatic rings. The molecular weight excluding hydrogens is 565 g/mol. The predicted octanol–water partition coefficient (Wildman–Crippen LogP) is 11.9. The molecule has 0 spiro atoms. The number of para-hydroxylation sites is 3. The summed E-state index contributed by atoms with van der Waals surface area (Å²) in [5.41, 5.74) is 9.80. The molecule has 0 atom stereocenters. The van der Waals surface area contributed by atoms with Crippen molar-refractivity contribution in [1.29, 1.82) is 0 Å². The van der Waals surface area contributed by atoms with E-state index in [0.717, 1.165) is 0 Å². The van der Waals surface area contributed by atoms with Gasteiger partial charge in [-0.2, -0.15) is 0 Å². The lowest BCUT2D eigenvalue weighted by Crippen LogP contribution is -1.98. The quantitative estimate of drug-likeness (QED) is 0.194. The van der Waals surface area contributed by atoms with Gasteiger partial charge in [0, 0.05) is 53.1 Å². The fourth-order valence-corrected chi connectivity index (χ4v) is 8.59. The van der Waals surface area contributed by atoms with Crippen LogP contribution in [0.1, 0.15) is 0 Å². The molecule has 0 N–H and O–H groups in total. The lowest BCUT2D eigenvalue weighted by Gasteiger charge is -2.13. The summed E-state index contributed by atoms with van der Waals surface area (Å²) in [6, 6.07) is 57.6. The summed E-state index contributed by atoms with van der Waals surface area (Å²) >= 11 is 1.88. The molecule has 0 bridgehead atoms. The normalized spacial score (nSPS) is 12.0.